The number of carbonyl (C=O) groups excluding carboxylic acids is 1. The van der Waals surface area contributed by atoms with Gasteiger partial charge < -0.3 is 5.32 Å². The van der Waals surface area contributed by atoms with E-state index in [1.165, 1.54) is 0 Å². The molecule has 3 nitrogen and oxygen atoms in total. The van der Waals surface area contributed by atoms with Gasteiger partial charge in [0.15, 0.2) is 0 Å². The van der Waals surface area contributed by atoms with Crippen molar-refractivity contribution < 1.29 is 4.79 Å². The van der Waals surface area contributed by atoms with Crippen LogP contribution in [-0.2, 0) is 11.2 Å². The summed E-state index contributed by atoms with van der Waals surface area (Å²) >= 11 is 0. The number of amides is 1. The molecule has 0 fully saturated rings. The van der Waals surface area contributed by atoms with Crippen molar-refractivity contribution in [2.24, 2.45) is 0 Å². The summed E-state index contributed by atoms with van der Waals surface area (Å²) in [6, 6.07) is 3.69. The molecule has 3 heteroatoms. The monoisotopic (exact) mass is 178 g/mol. The number of aryl methyl sites for hydroxylation is 1. The van der Waals surface area contributed by atoms with Gasteiger partial charge in [0.2, 0.25) is 6.41 Å². The SMILES string of the molecule is CCCCc1ncccc1NC=O. The molecule has 0 atom stereocenters. The lowest BCUT2D eigenvalue weighted by molar-refractivity contribution is -0.105. The Morgan fingerprint density at radius 3 is 3.15 bits per heavy atom. The van der Waals surface area contributed by atoms with Crippen molar-refractivity contribution in [1.29, 1.82) is 0 Å². The first-order chi connectivity index (χ1) is 6.38. The van der Waals surface area contributed by atoms with Crippen LogP contribution < -0.4 is 5.32 Å². The molecular weight excluding hydrogens is 164 g/mol. The maximum atomic E-state index is 10.3. The van der Waals surface area contributed by atoms with Crippen LogP contribution >= 0.6 is 0 Å². The maximum Gasteiger partial charge on any atom is 0.211 e. The van der Waals surface area contributed by atoms with Gasteiger partial charge in [-0.3, -0.25) is 9.78 Å². The maximum absolute atomic E-state index is 10.3. The van der Waals surface area contributed by atoms with Crippen LogP contribution in [-0.4, -0.2) is 11.4 Å². The average molecular weight is 178 g/mol. The van der Waals surface area contributed by atoms with E-state index in [0.29, 0.717) is 6.41 Å². The predicted molar refractivity (Wildman–Crippen MR) is 52.5 cm³/mol. The number of rotatable bonds is 5. The predicted octanol–water partition coefficient (Wildman–Crippen LogP) is 1.99. The van der Waals surface area contributed by atoms with Crippen molar-refractivity contribution in [1.82, 2.24) is 4.98 Å². The van der Waals surface area contributed by atoms with Gasteiger partial charge in [-0.1, -0.05) is 13.3 Å². The van der Waals surface area contributed by atoms with E-state index in [1.54, 1.807) is 6.20 Å². The molecule has 0 unspecified atom stereocenters. The van der Waals surface area contributed by atoms with Crippen LogP contribution in [0.1, 0.15) is 25.5 Å². The van der Waals surface area contributed by atoms with Crippen molar-refractivity contribution in [2.75, 3.05) is 5.32 Å². The van der Waals surface area contributed by atoms with Crippen LogP contribution in [0.2, 0.25) is 0 Å². The number of nitrogens with zero attached hydrogens (tertiary/aromatic N) is 1. The molecule has 1 N–H and O–H groups in total. The molecule has 1 aromatic rings. The van der Waals surface area contributed by atoms with E-state index >= 15 is 0 Å². The molecule has 1 amide bonds. The minimum atomic E-state index is 0.687. The molecule has 0 radical (unpaired) electrons. The molecule has 0 bridgehead atoms. The van der Waals surface area contributed by atoms with Crippen LogP contribution in [0.25, 0.3) is 0 Å². The molecule has 1 rings (SSSR count). The number of pyridine rings is 1. The lowest BCUT2D eigenvalue weighted by Crippen LogP contribution is -2.00. The third-order valence-electron chi connectivity index (χ3n) is 1.87. The first-order valence-electron chi connectivity index (χ1n) is 4.52. The van der Waals surface area contributed by atoms with Crippen LogP contribution in [0.5, 0.6) is 0 Å². The molecule has 0 aliphatic carbocycles. The highest BCUT2D eigenvalue weighted by Crippen LogP contribution is 2.13. The van der Waals surface area contributed by atoms with Crippen molar-refractivity contribution in [2.45, 2.75) is 26.2 Å². The van der Waals surface area contributed by atoms with E-state index in [0.717, 1.165) is 30.6 Å². The van der Waals surface area contributed by atoms with Gasteiger partial charge in [0.25, 0.3) is 0 Å². The molecule has 70 valence electrons. The van der Waals surface area contributed by atoms with Crippen LogP contribution in [0.15, 0.2) is 18.3 Å². The second-order valence-corrected chi connectivity index (χ2v) is 2.86. The lowest BCUT2D eigenvalue weighted by atomic mass is 10.1. The van der Waals surface area contributed by atoms with Crippen molar-refractivity contribution >= 4 is 12.1 Å². The summed E-state index contributed by atoms with van der Waals surface area (Å²) in [6.07, 6.45) is 5.60. The van der Waals surface area contributed by atoms with Crippen molar-refractivity contribution in [3.05, 3.63) is 24.0 Å². The first-order valence-corrected chi connectivity index (χ1v) is 4.52. The van der Waals surface area contributed by atoms with Gasteiger partial charge in [-0.2, -0.15) is 0 Å². The number of hydrogen-bond acceptors (Lipinski definition) is 2. The Bertz CT molecular complexity index is 273. The number of nitrogens with one attached hydrogen (secondary N) is 1. The molecule has 0 aromatic carbocycles. The Kier molecular flexibility index (Phi) is 3.96. The summed E-state index contributed by atoms with van der Waals surface area (Å²) in [5.41, 5.74) is 1.79. The van der Waals surface area contributed by atoms with Gasteiger partial charge >= 0.3 is 0 Å². The summed E-state index contributed by atoms with van der Waals surface area (Å²) in [6.45, 7) is 2.13. The highest BCUT2D eigenvalue weighted by molar-refractivity contribution is 5.72. The van der Waals surface area contributed by atoms with E-state index in [4.69, 9.17) is 0 Å². The van der Waals surface area contributed by atoms with Crippen LogP contribution in [0, 0.1) is 0 Å². The minimum absolute atomic E-state index is 0.687. The van der Waals surface area contributed by atoms with Gasteiger partial charge in [0.1, 0.15) is 0 Å². The van der Waals surface area contributed by atoms with Crippen molar-refractivity contribution in [3.63, 3.8) is 0 Å². The summed E-state index contributed by atoms with van der Waals surface area (Å²) < 4.78 is 0. The number of unbranched alkanes of at least 4 members (excludes halogenated alkanes) is 1. The Morgan fingerprint density at radius 2 is 2.46 bits per heavy atom. The first kappa shape index (κ1) is 9.71. The zero-order valence-electron chi connectivity index (χ0n) is 7.79. The minimum Gasteiger partial charge on any atom is -0.327 e. The molecule has 0 aliphatic heterocycles. The Balaban J connectivity index is 2.71. The van der Waals surface area contributed by atoms with Gasteiger partial charge in [0, 0.05) is 6.20 Å². The number of aromatic nitrogens is 1. The molecule has 0 spiro atoms. The average Bonchev–Trinajstić information content (AvgIpc) is 2.17. The molecule has 0 saturated heterocycles. The van der Waals surface area contributed by atoms with Gasteiger partial charge in [0.05, 0.1) is 11.4 Å². The third-order valence-corrected chi connectivity index (χ3v) is 1.87. The topological polar surface area (TPSA) is 42.0 Å². The van der Waals surface area contributed by atoms with E-state index in [-0.39, 0.29) is 0 Å². The highest BCUT2D eigenvalue weighted by Gasteiger charge is 2.00. The molecule has 0 aliphatic rings. The zero-order valence-corrected chi connectivity index (χ0v) is 7.79. The molecule has 0 saturated carbocycles. The smallest absolute Gasteiger partial charge is 0.211 e. The summed E-state index contributed by atoms with van der Waals surface area (Å²) in [5, 5.41) is 2.64. The lowest BCUT2D eigenvalue weighted by Gasteiger charge is -2.05. The normalized spacial score (nSPS) is 9.62. The van der Waals surface area contributed by atoms with Crippen LogP contribution in [0.3, 0.4) is 0 Å². The Labute approximate surface area is 78.2 Å². The van der Waals surface area contributed by atoms with Crippen molar-refractivity contribution in [3.8, 4) is 0 Å². The Morgan fingerprint density at radius 1 is 1.62 bits per heavy atom. The van der Waals surface area contributed by atoms with Gasteiger partial charge in [-0.15, -0.1) is 0 Å². The second-order valence-electron chi connectivity index (χ2n) is 2.86. The standard InChI is InChI=1S/C10H14N2O/c1-2-3-5-9-10(12-8-13)6-4-7-11-9/h4,6-8H,2-3,5H2,1H3,(H,12,13). The summed E-state index contributed by atoms with van der Waals surface area (Å²) in [7, 11) is 0. The number of anilines is 1. The summed E-state index contributed by atoms with van der Waals surface area (Å²) in [5.74, 6) is 0. The highest BCUT2D eigenvalue weighted by atomic mass is 16.1. The molecule has 13 heavy (non-hydrogen) atoms. The quantitative estimate of drug-likeness (QED) is 0.700. The fourth-order valence-corrected chi connectivity index (χ4v) is 1.18. The zero-order chi connectivity index (χ0) is 9.52. The largest absolute Gasteiger partial charge is 0.327 e. The summed E-state index contributed by atoms with van der Waals surface area (Å²) in [4.78, 5) is 14.5. The molecule has 1 aromatic heterocycles. The van der Waals surface area contributed by atoms with E-state index in [9.17, 15) is 4.79 Å². The fourth-order valence-electron chi connectivity index (χ4n) is 1.18. The van der Waals surface area contributed by atoms with E-state index < -0.39 is 0 Å². The van der Waals surface area contributed by atoms with E-state index in [2.05, 4.69) is 17.2 Å². The molecule has 1 heterocycles. The van der Waals surface area contributed by atoms with Crippen LogP contribution in [0.4, 0.5) is 5.69 Å². The fraction of sp³-hybridized carbons (Fsp3) is 0.400. The number of carbonyl (C=O) groups is 1. The van der Waals surface area contributed by atoms with Gasteiger partial charge in [-0.05, 0) is 25.0 Å². The Hall–Kier alpha value is -1.38. The second kappa shape index (κ2) is 5.30. The number of hydrogen-bond donors (Lipinski definition) is 1. The van der Waals surface area contributed by atoms with Gasteiger partial charge in [-0.25, -0.2) is 0 Å². The third kappa shape index (κ3) is 2.86. The van der Waals surface area contributed by atoms with E-state index in [1.807, 2.05) is 12.1 Å². The molecular formula is C10H14N2O.